The molecular weight excluding hydrogens is 216 g/mol. The molecule has 4 nitrogen and oxygen atoms in total. The summed E-state index contributed by atoms with van der Waals surface area (Å²) in [6, 6.07) is 0. The van der Waals surface area contributed by atoms with Gasteiger partial charge in [0.05, 0.1) is 12.1 Å². The second kappa shape index (κ2) is 6.36. The maximum atomic E-state index is 12.0. The molecule has 1 amide bonds. The van der Waals surface area contributed by atoms with E-state index >= 15 is 0 Å². The lowest BCUT2D eigenvalue weighted by Crippen LogP contribution is -2.52. The number of amides is 1. The number of carbonyl (C=O) groups excluding carboxylic acids is 1. The molecule has 17 heavy (non-hydrogen) atoms. The van der Waals surface area contributed by atoms with Crippen molar-refractivity contribution in [2.45, 2.75) is 45.1 Å². The van der Waals surface area contributed by atoms with Crippen molar-refractivity contribution in [3.05, 3.63) is 0 Å². The number of rotatable bonds is 8. The first-order chi connectivity index (χ1) is 7.97. The van der Waals surface area contributed by atoms with Gasteiger partial charge >= 0.3 is 0 Å². The van der Waals surface area contributed by atoms with Crippen molar-refractivity contribution in [2.75, 3.05) is 26.8 Å². The third-order valence-electron chi connectivity index (χ3n) is 3.23. The predicted molar refractivity (Wildman–Crippen MR) is 68.7 cm³/mol. The highest BCUT2D eigenvalue weighted by molar-refractivity contribution is 5.85. The van der Waals surface area contributed by atoms with Crippen molar-refractivity contribution in [3.8, 4) is 0 Å². The molecule has 100 valence electrons. The van der Waals surface area contributed by atoms with E-state index in [-0.39, 0.29) is 5.91 Å². The van der Waals surface area contributed by atoms with Crippen LogP contribution in [0.2, 0.25) is 0 Å². The zero-order valence-electron chi connectivity index (χ0n) is 11.4. The molecule has 0 radical (unpaired) electrons. The number of ether oxygens (including phenoxy) is 1. The van der Waals surface area contributed by atoms with Crippen molar-refractivity contribution in [2.24, 2.45) is 11.7 Å². The lowest BCUT2D eigenvalue weighted by Gasteiger charge is -2.28. The second-order valence-electron chi connectivity index (χ2n) is 5.41. The Bertz CT molecular complexity index is 250. The SMILES string of the molecule is CCCC(C)(N)C(=O)N(C)CCOCC1CC1. The fourth-order valence-electron chi connectivity index (χ4n) is 1.90. The fourth-order valence-corrected chi connectivity index (χ4v) is 1.90. The van der Waals surface area contributed by atoms with Crippen molar-refractivity contribution in [1.82, 2.24) is 4.90 Å². The van der Waals surface area contributed by atoms with Gasteiger partial charge in [0, 0.05) is 20.2 Å². The topological polar surface area (TPSA) is 55.6 Å². The molecular formula is C13H26N2O2. The molecule has 1 fully saturated rings. The normalized spacial score (nSPS) is 18.8. The summed E-state index contributed by atoms with van der Waals surface area (Å²) < 4.78 is 5.52. The molecule has 0 spiro atoms. The van der Waals surface area contributed by atoms with Crippen molar-refractivity contribution >= 4 is 5.91 Å². The highest BCUT2D eigenvalue weighted by atomic mass is 16.5. The number of nitrogens with two attached hydrogens (primary N) is 1. The van der Waals surface area contributed by atoms with Gasteiger partial charge in [-0.15, -0.1) is 0 Å². The van der Waals surface area contributed by atoms with Gasteiger partial charge in [-0.05, 0) is 32.1 Å². The molecule has 1 rings (SSSR count). The maximum Gasteiger partial charge on any atom is 0.242 e. The lowest BCUT2D eigenvalue weighted by molar-refractivity contribution is -0.136. The Hall–Kier alpha value is -0.610. The van der Waals surface area contributed by atoms with Crippen LogP contribution in [0.5, 0.6) is 0 Å². The Labute approximate surface area is 104 Å². The van der Waals surface area contributed by atoms with Crippen molar-refractivity contribution in [3.63, 3.8) is 0 Å². The maximum absolute atomic E-state index is 12.0. The quantitative estimate of drug-likeness (QED) is 0.654. The van der Waals surface area contributed by atoms with E-state index in [1.807, 2.05) is 6.92 Å². The molecule has 0 aromatic heterocycles. The molecule has 2 N–H and O–H groups in total. The Morgan fingerprint density at radius 3 is 2.71 bits per heavy atom. The van der Waals surface area contributed by atoms with Crippen LogP contribution in [-0.2, 0) is 9.53 Å². The monoisotopic (exact) mass is 242 g/mol. The van der Waals surface area contributed by atoms with Crippen molar-refractivity contribution in [1.29, 1.82) is 0 Å². The van der Waals surface area contributed by atoms with Gasteiger partial charge in [0.2, 0.25) is 5.91 Å². The average molecular weight is 242 g/mol. The molecule has 0 heterocycles. The van der Waals surface area contributed by atoms with E-state index in [2.05, 4.69) is 0 Å². The number of hydrogen-bond donors (Lipinski definition) is 1. The van der Waals surface area contributed by atoms with E-state index in [1.54, 1.807) is 18.9 Å². The van der Waals surface area contributed by atoms with Crippen LogP contribution in [0.25, 0.3) is 0 Å². The van der Waals surface area contributed by atoms with E-state index < -0.39 is 5.54 Å². The summed E-state index contributed by atoms with van der Waals surface area (Å²) in [6.45, 7) is 5.93. The molecule has 0 aliphatic heterocycles. The molecule has 1 aliphatic carbocycles. The Morgan fingerprint density at radius 2 is 2.18 bits per heavy atom. The summed E-state index contributed by atoms with van der Waals surface area (Å²) >= 11 is 0. The van der Waals surface area contributed by atoms with Crippen LogP contribution in [-0.4, -0.2) is 43.2 Å². The van der Waals surface area contributed by atoms with Gasteiger partial charge in [-0.2, -0.15) is 0 Å². The van der Waals surface area contributed by atoms with Crippen LogP contribution >= 0.6 is 0 Å². The van der Waals surface area contributed by atoms with Crippen LogP contribution in [0.1, 0.15) is 39.5 Å². The summed E-state index contributed by atoms with van der Waals surface area (Å²) in [7, 11) is 1.80. The van der Waals surface area contributed by atoms with Crippen LogP contribution in [0.4, 0.5) is 0 Å². The molecule has 4 heteroatoms. The smallest absolute Gasteiger partial charge is 0.242 e. The van der Waals surface area contributed by atoms with E-state index in [0.29, 0.717) is 13.2 Å². The van der Waals surface area contributed by atoms with Crippen LogP contribution in [0, 0.1) is 5.92 Å². The van der Waals surface area contributed by atoms with Gasteiger partial charge < -0.3 is 15.4 Å². The first kappa shape index (κ1) is 14.5. The Kier molecular flexibility index (Phi) is 5.40. The first-order valence-corrected chi connectivity index (χ1v) is 6.59. The summed E-state index contributed by atoms with van der Waals surface area (Å²) in [5.41, 5.74) is 5.27. The fraction of sp³-hybridized carbons (Fsp3) is 0.923. The van der Waals surface area contributed by atoms with Gasteiger partial charge in [0.15, 0.2) is 0 Å². The van der Waals surface area contributed by atoms with Gasteiger partial charge in [0.1, 0.15) is 0 Å². The number of nitrogens with zero attached hydrogens (tertiary/aromatic N) is 1. The summed E-state index contributed by atoms with van der Waals surface area (Å²) in [5, 5.41) is 0. The third-order valence-corrected chi connectivity index (χ3v) is 3.23. The van der Waals surface area contributed by atoms with Crippen LogP contribution in [0.15, 0.2) is 0 Å². The van der Waals surface area contributed by atoms with E-state index in [0.717, 1.165) is 25.4 Å². The third kappa shape index (κ3) is 5.04. The number of likely N-dealkylation sites (N-methyl/N-ethyl adjacent to an activating group) is 1. The Balaban J connectivity index is 2.19. The highest BCUT2D eigenvalue weighted by Gasteiger charge is 2.30. The van der Waals surface area contributed by atoms with E-state index in [4.69, 9.17) is 10.5 Å². The molecule has 1 atom stereocenters. The minimum Gasteiger partial charge on any atom is -0.379 e. The summed E-state index contributed by atoms with van der Waals surface area (Å²) in [5.74, 6) is 0.783. The molecule has 0 bridgehead atoms. The van der Waals surface area contributed by atoms with E-state index in [9.17, 15) is 4.79 Å². The van der Waals surface area contributed by atoms with Crippen LogP contribution < -0.4 is 5.73 Å². The predicted octanol–water partition coefficient (Wildman–Crippen LogP) is 1.39. The molecule has 1 unspecified atom stereocenters. The molecule has 1 saturated carbocycles. The highest BCUT2D eigenvalue weighted by Crippen LogP contribution is 2.28. The van der Waals surface area contributed by atoms with E-state index in [1.165, 1.54) is 12.8 Å². The van der Waals surface area contributed by atoms with Crippen molar-refractivity contribution < 1.29 is 9.53 Å². The van der Waals surface area contributed by atoms with Gasteiger partial charge in [-0.3, -0.25) is 4.79 Å². The molecule has 0 aromatic carbocycles. The van der Waals surface area contributed by atoms with Gasteiger partial charge in [-0.25, -0.2) is 0 Å². The second-order valence-corrected chi connectivity index (χ2v) is 5.41. The van der Waals surface area contributed by atoms with Crippen LogP contribution in [0.3, 0.4) is 0 Å². The standard InChI is InChI=1S/C13H26N2O2/c1-4-7-13(2,14)12(16)15(3)8-9-17-10-11-5-6-11/h11H,4-10,14H2,1-3H3. The largest absolute Gasteiger partial charge is 0.379 e. The lowest BCUT2D eigenvalue weighted by atomic mass is 9.96. The number of hydrogen-bond acceptors (Lipinski definition) is 3. The van der Waals surface area contributed by atoms with Gasteiger partial charge in [0.25, 0.3) is 0 Å². The zero-order valence-corrected chi connectivity index (χ0v) is 11.4. The Morgan fingerprint density at radius 1 is 1.53 bits per heavy atom. The average Bonchev–Trinajstić information content (AvgIpc) is 3.06. The molecule has 1 aliphatic rings. The van der Waals surface area contributed by atoms with Gasteiger partial charge in [-0.1, -0.05) is 13.3 Å². The minimum absolute atomic E-state index is 0.00868. The minimum atomic E-state index is -0.736. The zero-order chi connectivity index (χ0) is 12.9. The summed E-state index contributed by atoms with van der Waals surface area (Å²) in [4.78, 5) is 13.7. The molecule has 0 aromatic rings. The molecule has 0 saturated heterocycles. The first-order valence-electron chi connectivity index (χ1n) is 6.59. The summed E-state index contributed by atoms with van der Waals surface area (Å²) in [6.07, 6.45) is 4.24. The number of carbonyl (C=O) groups is 1.